The fourth-order valence-corrected chi connectivity index (χ4v) is 0.934. The maximum absolute atomic E-state index is 5.25. The average Bonchev–Trinajstić information content (AvgIpc) is 2.47. The van der Waals surface area contributed by atoms with E-state index in [-0.39, 0.29) is 5.60 Å². The van der Waals surface area contributed by atoms with Crippen LogP contribution in [0.25, 0.3) is 0 Å². The van der Waals surface area contributed by atoms with Crippen LogP contribution in [-0.2, 0) is 4.74 Å². The Bertz CT molecular complexity index is 139. The second-order valence-corrected chi connectivity index (χ2v) is 3.56. The van der Waals surface area contributed by atoms with E-state index in [2.05, 4.69) is 26.8 Å². The molecule has 1 heteroatoms. The zero-order valence-corrected chi connectivity index (χ0v) is 7.11. The fourth-order valence-electron chi connectivity index (χ4n) is 0.934. The zero-order chi connectivity index (χ0) is 7.61. The third kappa shape index (κ3) is 2.53. The van der Waals surface area contributed by atoms with Crippen molar-refractivity contribution in [1.82, 2.24) is 0 Å². The van der Waals surface area contributed by atoms with Gasteiger partial charge in [0.25, 0.3) is 0 Å². The summed E-state index contributed by atoms with van der Waals surface area (Å²) < 4.78 is 5.25. The monoisotopic (exact) mass is 140 g/mol. The number of ether oxygens (including phenoxy) is 1. The molecule has 0 amide bonds. The topological polar surface area (TPSA) is 12.5 Å². The molecule has 1 aliphatic rings. The first-order valence-corrected chi connectivity index (χ1v) is 3.90. The van der Waals surface area contributed by atoms with Gasteiger partial charge in [0.05, 0.1) is 12.2 Å². The van der Waals surface area contributed by atoms with E-state index in [1.165, 1.54) is 18.4 Å². The van der Waals surface area contributed by atoms with Crippen molar-refractivity contribution in [3.63, 3.8) is 0 Å². The van der Waals surface area contributed by atoms with Crippen molar-refractivity contribution in [2.24, 2.45) is 0 Å². The van der Waals surface area contributed by atoms with Gasteiger partial charge in [-0.15, -0.1) is 0 Å². The van der Waals surface area contributed by atoms with Crippen LogP contribution < -0.4 is 0 Å². The van der Waals surface area contributed by atoms with E-state index in [0.717, 1.165) is 6.61 Å². The van der Waals surface area contributed by atoms with Gasteiger partial charge in [-0.25, -0.2) is 0 Å². The molecule has 1 rings (SSSR count). The molecule has 1 nitrogen and oxygen atoms in total. The third-order valence-corrected chi connectivity index (χ3v) is 1.86. The van der Waals surface area contributed by atoms with E-state index in [0.29, 0.717) is 0 Å². The molecule has 0 saturated carbocycles. The van der Waals surface area contributed by atoms with Crippen LogP contribution in [0.15, 0.2) is 11.6 Å². The standard InChI is InChI=1S/C9H16O/c1-8(2)5-4-6-9(3)7-10-9/h5H,4,6-7H2,1-3H3. The highest BCUT2D eigenvalue weighted by Crippen LogP contribution is 2.31. The van der Waals surface area contributed by atoms with Gasteiger partial charge in [0.1, 0.15) is 0 Å². The Kier molecular flexibility index (Phi) is 2.14. The largest absolute Gasteiger partial charge is 0.370 e. The molecular weight excluding hydrogens is 124 g/mol. The van der Waals surface area contributed by atoms with Crippen molar-refractivity contribution >= 4 is 0 Å². The lowest BCUT2D eigenvalue weighted by Crippen LogP contribution is -2.01. The van der Waals surface area contributed by atoms with Crippen LogP contribution in [0.2, 0.25) is 0 Å². The molecule has 1 heterocycles. The first-order valence-electron chi connectivity index (χ1n) is 3.90. The van der Waals surface area contributed by atoms with Crippen molar-refractivity contribution in [3.8, 4) is 0 Å². The molecule has 58 valence electrons. The summed E-state index contributed by atoms with van der Waals surface area (Å²) in [5.74, 6) is 0. The maximum Gasteiger partial charge on any atom is 0.0891 e. The highest BCUT2D eigenvalue weighted by molar-refractivity contribution is 4.96. The van der Waals surface area contributed by atoms with E-state index in [1.54, 1.807) is 0 Å². The summed E-state index contributed by atoms with van der Waals surface area (Å²) in [6.45, 7) is 7.40. The van der Waals surface area contributed by atoms with Crippen LogP contribution in [0.4, 0.5) is 0 Å². The van der Waals surface area contributed by atoms with Gasteiger partial charge >= 0.3 is 0 Å². The molecule has 0 radical (unpaired) electrons. The van der Waals surface area contributed by atoms with Crippen LogP contribution in [0.5, 0.6) is 0 Å². The molecule has 0 aromatic carbocycles. The second-order valence-electron chi connectivity index (χ2n) is 3.56. The lowest BCUT2D eigenvalue weighted by Gasteiger charge is -2.00. The van der Waals surface area contributed by atoms with Gasteiger partial charge < -0.3 is 4.74 Å². The molecule has 1 aliphatic heterocycles. The second kappa shape index (κ2) is 2.75. The SMILES string of the molecule is CC(C)=CCCC1(C)CO1. The van der Waals surface area contributed by atoms with Crippen molar-refractivity contribution < 1.29 is 4.74 Å². The summed E-state index contributed by atoms with van der Waals surface area (Å²) in [6.07, 6.45) is 4.62. The van der Waals surface area contributed by atoms with Crippen molar-refractivity contribution in [2.75, 3.05) is 6.61 Å². The maximum atomic E-state index is 5.25. The summed E-state index contributed by atoms with van der Waals surface area (Å²) in [5.41, 5.74) is 1.65. The number of rotatable bonds is 3. The summed E-state index contributed by atoms with van der Waals surface area (Å²) in [4.78, 5) is 0. The van der Waals surface area contributed by atoms with Crippen LogP contribution in [-0.4, -0.2) is 12.2 Å². The lowest BCUT2D eigenvalue weighted by molar-refractivity contribution is 0.310. The Morgan fingerprint density at radius 1 is 1.60 bits per heavy atom. The summed E-state index contributed by atoms with van der Waals surface area (Å²) in [6, 6.07) is 0. The predicted octanol–water partition coefficient (Wildman–Crippen LogP) is 2.52. The Morgan fingerprint density at radius 2 is 2.20 bits per heavy atom. The third-order valence-electron chi connectivity index (χ3n) is 1.86. The molecule has 0 aliphatic carbocycles. The number of hydrogen-bond acceptors (Lipinski definition) is 1. The Balaban J connectivity index is 2.11. The Morgan fingerprint density at radius 3 is 2.60 bits per heavy atom. The van der Waals surface area contributed by atoms with Gasteiger partial charge in [0.15, 0.2) is 0 Å². The fraction of sp³-hybridized carbons (Fsp3) is 0.778. The van der Waals surface area contributed by atoms with E-state index in [9.17, 15) is 0 Å². The molecule has 1 atom stereocenters. The smallest absolute Gasteiger partial charge is 0.0891 e. The quantitative estimate of drug-likeness (QED) is 0.433. The minimum Gasteiger partial charge on any atom is -0.370 e. The minimum absolute atomic E-state index is 0.242. The van der Waals surface area contributed by atoms with Crippen LogP contribution in [0.3, 0.4) is 0 Å². The molecule has 10 heavy (non-hydrogen) atoms. The minimum atomic E-state index is 0.242. The van der Waals surface area contributed by atoms with Crippen molar-refractivity contribution in [3.05, 3.63) is 11.6 Å². The molecule has 0 aromatic rings. The first kappa shape index (κ1) is 7.80. The normalized spacial score (nSPS) is 29.9. The summed E-state index contributed by atoms with van der Waals surface area (Å²) in [7, 11) is 0. The van der Waals surface area contributed by atoms with Crippen LogP contribution >= 0.6 is 0 Å². The highest BCUT2D eigenvalue weighted by atomic mass is 16.6. The van der Waals surface area contributed by atoms with E-state index < -0.39 is 0 Å². The van der Waals surface area contributed by atoms with E-state index in [4.69, 9.17) is 4.74 Å². The first-order chi connectivity index (χ1) is 4.62. The van der Waals surface area contributed by atoms with Gasteiger partial charge in [0.2, 0.25) is 0 Å². The molecule has 0 bridgehead atoms. The van der Waals surface area contributed by atoms with Crippen molar-refractivity contribution in [1.29, 1.82) is 0 Å². The molecular formula is C9H16O. The molecule has 1 fully saturated rings. The van der Waals surface area contributed by atoms with Gasteiger partial charge in [-0.05, 0) is 33.6 Å². The highest BCUT2D eigenvalue weighted by Gasteiger charge is 2.37. The molecule has 0 aromatic heterocycles. The molecule has 1 unspecified atom stereocenters. The Labute approximate surface area is 63.1 Å². The van der Waals surface area contributed by atoms with Gasteiger partial charge in [0, 0.05) is 0 Å². The van der Waals surface area contributed by atoms with E-state index >= 15 is 0 Å². The molecule has 1 saturated heterocycles. The Hall–Kier alpha value is -0.300. The summed E-state index contributed by atoms with van der Waals surface area (Å²) >= 11 is 0. The number of epoxide rings is 1. The van der Waals surface area contributed by atoms with Gasteiger partial charge in [-0.3, -0.25) is 0 Å². The average molecular weight is 140 g/mol. The molecule has 0 N–H and O–H groups in total. The summed E-state index contributed by atoms with van der Waals surface area (Å²) in [5, 5.41) is 0. The van der Waals surface area contributed by atoms with Gasteiger partial charge in [-0.2, -0.15) is 0 Å². The van der Waals surface area contributed by atoms with Crippen LogP contribution in [0.1, 0.15) is 33.6 Å². The van der Waals surface area contributed by atoms with Crippen LogP contribution in [0, 0.1) is 0 Å². The molecule has 0 spiro atoms. The number of hydrogen-bond donors (Lipinski definition) is 0. The number of allylic oxidation sites excluding steroid dienone is 2. The zero-order valence-electron chi connectivity index (χ0n) is 7.11. The van der Waals surface area contributed by atoms with Crippen molar-refractivity contribution in [2.45, 2.75) is 39.2 Å². The predicted molar refractivity (Wildman–Crippen MR) is 43.0 cm³/mol. The van der Waals surface area contributed by atoms with Gasteiger partial charge in [-0.1, -0.05) is 11.6 Å². The lowest BCUT2D eigenvalue weighted by atomic mass is 10.1. The van der Waals surface area contributed by atoms with E-state index in [1.807, 2.05) is 0 Å².